The fourth-order valence-corrected chi connectivity index (χ4v) is 3.58. The second kappa shape index (κ2) is 6.42. The number of hydrogen-bond donors (Lipinski definition) is 0. The molecule has 1 aromatic rings. The van der Waals surface area contributed by atoms with E-state index in [9.17, 15) is 4.79 Å². The molecule has 0 aromatic carbocycles. The monoisotopic (exact) mass is 307 g/mol. The quantitative estimate of drug-likeness (QED) is 0.858. The van der Waals surface area contributed by atoms with E-state index < -0.39 is 0 Å². The van der Waals surface area contributed by atoms with Gasteiger partial charge in [-0.25, -0.2) is 0 Å². The van der Waals surface area contributed by atoms with Gasteiger partial charge in [-0.15, -0.1) is 0 Å². The van der Waals surface area contributed by atoms with Crippen molar-refractivity contribution in [1.82, 2.24) is 4.90 Å². The first-order valence-electron chi connectivity index (χ1n) is 8.15. The highest BCUT2D eigenvalue weighted by Gasteiger charge is 2.47. The summed E-state index contributed by atoms with van der Waals surface area (Å²) in [6.45, 7) is 7.01. The van der Waals surface area contributed by atoms with Crippen LogP contribution in [0.5, 0.6) is 0 Å². The van der Waals surface area contributed by atoms with Crippen LogP contribution < -0.4 is 0 Å². The van der Waals surface area contributed by atoms with E-state index >= 15 is 0 Å². The number of carbonyl (C=O) groups excluding carboxylic acids is 1. The fourth-order valence-electron chi connectivity index (χ4n) is 3.58. The molecule has 2 atom stereocenters. The number of fused-ring (bicyclic) bond motifs is 1. The van der Waals surface area contributed by atoms with Gasteiger partial charge in [0.1, 0.15) is 6.26 Å². The van der Waals surface area contributed by atoms with Gasteiger partial charge in [-0.3, -0.25) is 4.79 Å². The number of piperidine rings is 1. The van der Waals surface area contributed by atoms with E-state index in [-0.39, 0.29) is 23.5 Å². The van der Waals surface area contributed by atoms with Crippen molar-refractivity contribution in [3.05, 3.63) is 24.2 Å². The first-order chi connectivity index (χ1) is 10.6. The predicted octanol–water partition coefficient (Wildman–Crippen LogP) is 2.72. The molecule has 3 heterocycles. The highest BCUT2D eigenvalue weighted by molar-refractivity contribution is 5.93. The van der Waals surface area contributed by atoms with Gasteiger partial charge in [0.15, 0.2) is 0 Å². The summed E-state index contributed by atoms with van der Waals surface area (Å²) < 4.78 is 17.0. The number of furan rings is 1. The predicted molar refractivity (Wildman–Crippen MR) is 81.7 cm³/mol. The zero-order chi connectivity index (χ0) is 15.6. The normalized spacial score (nSPS) is 28.7. The van der Waals surface area contributed by atoms with E-state index in [1.165, 1.54) is 6.26 Å². The van der Waals surface area contributed by atoms with Crippen molar-refractivity contribution in [1.29, 1.82) is 0 Å². The fraction of sp³-hybridized carbons (Fsp3) is 0.706. The summed E-state index contributed by atoms with van der Waals surface area (Å²) in [5, 5.41) is 0. The lowest BCUT2D eigenvalue weighted by atomic mass is 9.73. The Balaban J connectivity index is 1.75. The Morgan fingerprint density at radius 3 is 3.14 bits per heavy atom. The highest BCUT2D eigenvalue weighted by atomic mass is 16.5. The van der Waals surface area contributed by atoms with Crippen molar-refractivity contribution in [2.75, 3.05) is 26.3 Å². The number of carbonyl (C=O) groups is 1. The SMILES string of the molecule is CC(C)OC[C@@]12CCCO[C@H]1CCN(C(=O)c1ccoc1)C2. The minimum Gasteiger partial charge on any atom is -0.472 e. The van der Waals surface area contributed by atoms with Gasteiger partial charge in [0.25, 0.3) is 5.91 Å². The minimum atomic E-state index is -0.0693. The van der Waals surface area contributed by atoms with E-state index in [1.807, 2.05) is 18.7 Å². The van der Waals surface area contributed by atoms with Crippen LogP contribution in [0, 0.1) is 5.41 Å². The second-order valence-electron chi connectivity index (χ2n) is 6.71. The van der Waals surface area contributed by atoms with Crippen LogP contribution in [0.25, 0.3) is 0 Å². The van der Waals surface area contributed by atoms with Gasteiger partial charge in [0.05, 0.1) is 30.6 Å². The Hall–Kier alpha value is -1.33. The molecule has 2 aliphatic rings. The Morgan fingerprint density at radius 2 is 2.41 bits per heavy atom. The third-order valence-corrected chi connectivity index (χ3v) is 4.75. The van der Waals surface area contributed by atoms with Crippen LogP contribution in [0.15, 0.2) is 23.0 Å². The highest BCUT2D eigenvalue weighted by Crippen LogP contribution is 2.41. The number of hydrogen-bond acceptors (Lipinski definition) is 4. The summed E-state index contributed by atoms with van der Waals surface area (Å²) >= 11 is 0. The molecule has 3 rings (SSSR count). The van der Waals surface area contributed by atoms with Crippen molar-refractivity contribution < 1.29 is 18.7 Å². The minimum absolute atomic E-state index is 0.0432. The lowest BCUT2D eigenvalue weighted by Gasteiger charge is -2.50. The summed E-state index contributed by atoms with van der Waals surface area (Å²) in [5.74, 6) is 0.0432. The van der Waals surface area contributed by atoms with Gasteiger partial charge in [0, 0.05) is 25.1 Å². The van der Waals surface area contributed by atoms with Crippen molar-refractivity contribution in [3.63, 3.8) is 0 Å². The number of amides is 1. The summed E-state index contributed by atoms with van der Waals surface area (Å²) in [7, 11) is 0. The molecule has 2 aliphatic heterocycles. The summed E-state index contributed by atoms with van der Waals surface area (Å²) in [6, 6.07) is 1.73. The van der Waals surface area contributed by atoms with E-state index in [4.69, 9.17) is 13.9 Å². The first kappa shape index (κ1) is 15.6. The second-order valence-corrected chi connectivity index (χ2v) is 6.71. The number of rotatable bonds is 4. The summed E-state index contributed by atoms with van der Waals surface area (Å²) in [6.07, 6.45) is 6.42. The molecule has 0 bridgehead atoms. The van der Waals surface area contributed by atoms with Gasteiger partial charge in [-0.1, -0.05) is 0 Å². The zero-order valence-electron chi connectivity index (χ0n) is 13.4. The van der Waals surface area contributed by atoms with Crippen LogP contribution >= 0.6 is 0 Å². The van der Waals surface area contributed by atoms with Gasteiger partial charge < -0.3 is 18.8 Å². The zero-order valence-corrected chi connectivity index (χ0v) is 13.4. The molecule has 5 heteroatoms. The number of nitrogens with zero attached hydrogens (tertiary/aromatic N) is 1. The lowest BCUT2D eigenvalue weighted by molar-refractivity contribution is -0.152. The van der Waals surface area contributed by atoms with Gasteiger partial charge in [-0.05, 0) is 39.2 Å². The molecule has 0 radical (unpaired) electrons. The standard InChI is InChI=1S/C17H25NO4/c1-13(2)22-12-17-6-3-8-21-15(17)4-7-18(11-17)16(19)14-5-9-20-10-14/h5,9-10,13,15H,3-4,6-8,11-12H2,1-2H3/t15-,17-/m0/s1. The molecule has 1 aromatic heterocycles. The molecule has 122 valence electrons. The maximum absolute atomic E-state index is 12.6. The van der Waals surface area contributed by atoms with Crippen LogP contribution in [0.3, 0.4) is 0 Å². The van der Waals surface area contributed by atoms with Gasteiger partial charge in [0.2, 0.25) is 0 Å². The van der Waals surface area contributed by atoms with Crippen LogP contribution in [0.4, 0.5) is 0 Å². The maximum Gasteiger partial charge on any atom is 0.257 e. The van der Waals surface area contributed by atoms with E-state index in [0.717, 1.165) is 32.4 Å². The number of likely N-dealkylation sites (tertiary alicyclic amines) is 1. The number of ether oxygens (including phenoxy) is 2. The van der Waals surface area contributed by atoms with Crippen LogP contribution in [-0.4, -0.2) is 49.3 Å². The molecule has 0 spiro atoms. The van der Waals surface area contributed by atoms with Gasteiger partial charge in [-0.2, -0.15) is 0 Å². The Bertz CT molecular complexity index is 499. The van der Waals surface area contributed by atoms with Crippen molar-refractivity contribution in [3.8, 4) is 0 Å². The van der Waals surface area contributed by atoms with E-state index in [1.54, 1.807) is 12.3 Å². The molecule has 2 saturated heterocycles. The Kier molecular flexibility index (Phi) is 4.54. The molecular formula is C17H25NO4. The summed E-state index contributed by atoms with van der Waals surface area (Å²) in [5.41, 5.74) is 0.551. The van der Waals surface area contributed by atoms with E-state index in [0.29, 0.717) is 18.7 Å². The lowest BCUT2D eigenvalue weighted by Crippen LogP contribution is -2.58. The summed E-state index contributed by atoms with van der Waals surface area (Å²) in [4.78, 5) is 14.5. The van der Waals surface area contributed by atoms with Crippen molar-refractivity contribution in [2.24, 2.45) is 5.41 Å². The molecule has 0 unspecified atom stereocenters. The van der Waals surface area contributed by atoms with Gasteiger partial charge >= 0.3 is 0 Å². The smallest absolute Gasteiger partial charge is 0.257 e. The van der Waals surface area contributed by atoms with Crippen LogP contribution in [0.1, 0.15) is 43.5 Å². The molecule has 0 saturated carbocycles. The van der Waals surface area contributed by atoms with Crippen molar-refractivity contribution in [2.45, 2.75) is 45.3 Å². The molecule has 2 fully saturated rings. The largest absolute Gasteiger partial charge is 0.472 e. The maximum atomic E-state index is 12.6. The Labute approximate surface area is 131 Å². The van der Waals surface area contributed by atoms with E-state index in [2.05, 4.69) is 0 Å². The third-order valence-electron chi connectivity index (χ3n) is 4.75. The third kappa shape index (κ3) is 3.06. The molecule has 22 heavy (non-hydrogen) atoms. The molecule has 0 N–H and O–H groups in total. The Morgan fingerprint density at radius 1 is 1.55 bits per heavy atom. The topological polar surface area (TPSA) is 51.9 Å². The average molecular weight is 307 g/mol. The molecular weight excluding hydrogens is 282 g/mol. The molecule has 1 amide bonds. The first-order valence-corrected chi connectivity index (χ1v) is 8.15. The average Bonchev–Trinajstić information content (AvgIpc) is 3.06. The van der Waals surface area contributed by atoms with Crippen LogP contribution in [-0.2, 0) is 9.47 Å². The van der Waals surface area contributed by atoms with Crippen molar-refractivity contribution >= 4 is 5.91 Å². The molecule has 5 nitrogen and oxygen atoms in total. The molecule has 0 aliphatic carbocycles. The van der Waals surface area contributed by atoms with Crippen LogP contribution in [0.2, 0.25) is 0 Å².